The lowest BCUT2D eigenvalue weighted by Gasteiger charge is -2.27. The van der Waals surface area contributed by atoms with Crippen molar-refractivity contribution < 1.29 is 19.8 Å². The Morgan fingerprint density at radius 3 is 2.50 bits per heavy atom. The van der Waals surface area contributed by atoms with E-state index in [1.54, 1.807) is 19.1 Å². The van der Waals surface area contributed by atoms with Gasteiger partial charge in [0.05, 0.1) is 0 Å². The van der Waals surface area contributed by atoms with Crippen molar-refractivity contribution in [2.75, 3.05) is 6.54 Å². The van der Waals surface area contributed by atoms with Gasteiger partial charge >= 0.3 is 5.97 Å². The molecule has 1 aliphatic carbocycles. The first-order valence-corrected chi connectivity index (χ1v) is 6.81. The summed E-state index contributed by atoms with van der Waals surface area (Å²) in [6, 6.07) is 4.68. The zero-order valence-electron chi connectivity index (χ0n) is 11.5. The van der Waals surface area contributed by atoms with E-state index in [2.05, 4.69) is 0 Å². The van der Waals surface area contributed by atoms with Crippen molar-refractivity contribution in [1.29, 1.82) is 0 Å². The summed E-state index contributed by atoms with van der Waals surface area (Å²) in [4.78, 5) is 24.9. The number of nitrogens with zero attached hydrogens (tertiary/aromatic N) is 1. The van der Waals surface area contributed by atoms with Crippen LogP contribution in [-0.4, -0.2) is 39.6 Å². The number of rotatable bonds is 4. The fourth-order valence-corrected chi connectivity index (χ4v) is 2.64. The third-order valence-corrected chi connectivity index (χ3v) is 3.79. The Hall–Kier alpha value is -2.04. The summed E-state index contributed by atoms with van der Waals surface area (Å²) in [5.41, 5.74) is 1.02. The van der Waals surface area contributed by atoms with E-state index in [1.165, 1.54) is 11.0 Å². The molecule has 2 N–H and O–H groups in total. The fourth-order valence-electron chi connectivity index (χ4n) is 2.64. The number of aryl methyl sites for hydroxylation is 1. The van der Waals surface area contributed by atoms with Crippen LogP contribution in [-0.2, 0) is 4.79 Å². The molecule has 1 aromatic carbocycles. The van der Waals surface area contributed by atoms with Crippen LogP contribution in [0.3, 0.4) is 0 Å². The predicted molar refractivity (Wildman–Crippen MR) is 73.8 cm³/mol. The molecule has 1 amide bonds. The number of carboxylic acid groups (broad SMARTS) is 1. The van der Waals surface area contributed by atoms with Crippen LogP contribution in [0.5, 0.6) is 5.75 Å². The van der Waals surface area contributed by atoms with Gasteiger partial charge in [-0.15, -0.1) is 0 Å². The topological polar surface area (TPSA) is 77.8 Å². The summed E-state index contributed by atoms with van der Waals surface area (Å²) in [6.45, 7) is 1.45. The van der Waals surface area contributed by atoms with Crippen LogP contribution in [0, 0.1) is 6.92 Å². The molecule has 0 aliphatic heterocycles. The maximum atomic E-state index is 12.5. The van der Waals surface area contributed by atoms with E-state index in [-0.39, 0.29) is 24.2 Å². The first-order chi connectivity index (χ1) is 9.49. The maximum absolute atomic E-state index is 12.5. The van der Waals surface area contributed by atoms with E-state index in [9.17, 15) is 14.7 Å². The van der Waals surface area contributed by atoms with Crippen molar-refractivity contribution >= 4 is 11.9 Å². The summed E-state index contributed by atoms with van der Waals surface area (Å²) >= 11 is 0. The van der Waals surface area contributed by atoms with Crippen LogP contribution in [0.1, 0.15) is 41.6 Å². The summed E-state index contributed by atoms with van der Waals surface area (Å²) < 4.78 is 0. The minimum absolute atomic E-state index is 0.0120. The van der Waals surface area contributed by atoms with Crippen molar-refractivity contribution in [3.63, 3.8) is 0 Å². The summed E-state index contributed by atoms with van der Waals surface area (Å²) in [5.74, 6) is -1.28. The molecule has 0 unspecified atom stereocenters. The van der Waals surface area contributed by atoms with E-state index in [4.69, 9.17) is 5.11 Å². The number of aliphatic carboxylic acids is 1. The van der Waals surface area contributed by atoms with Crippen LogP contribution in [0.15, 0.2) is 18.2 Å². The van der Waals surface area contributed by atoms with E-state index in [0.29, 0.717) is 11.1 Å². The largest absolute Gasteiger partial charge is 0.508 e. The van der Waals surface area contributed by atoms with E-state index < -0.39 is 5.97 Å². The van der Waals surface area contributed by atoms with Crippen LogP contribution < -0.4 is 0 Å². The van der Waals surface area contributed by atoms with Crippen LogP contribution >= 0.6 is 0 Å². The Morgan fingerprint density at radius 2 is 1.95 bits per heavy atom. The molecule has 5 heteroatoms. The number of benzene rings is 1. The lowest BCUT2D eigenvalue weighted by atomic mass is 10.1. The molecule has 1 aromatic rings. The van der Waals surface area contributed by atoms with E-state index in [1.807, 2.05) is 0 Å². The van der Waals surface area contributed by atoms with Gasteiger partial charge in [0.25, 0.3) is 5.91 Å². The van der Waals surface area contributed by atoms with Gasteiger partial charge < -0.3 is 15.1 Å². The molecular formula is C15H19NO4. The Labute approximate surface area is 117 Å². The van der Waals surface area contributed by atoms with Crippen molar-refractivity contribution in [2.45, 2.75) is 38.6 Å². The Balaban J connectivity index is 2.24. The highest BCUT2D eigenvalue weighted by Crippen LogP contribution is 2.26. The molecule has 20 heavy (non-hydrogen) atoms. The molecule has 108 valence electrons. The highest BCUT2D eigenvalue weighted by Gasteiger charge is 2.29. The average molecular weight is 277 g/mol. The minimum Gasteiger partial charge on any atom is -0.508 e. The second-order valence-corrected chi connectivity index (χ2v) is 5.27. The lowest BCUT2D eigenvalue weighted by molar-refractivity contribution is -0.138. The molecule has 0 aromatic heterocycles. The van der Waals surface area contributed by atoms with E-state index >= 15 is 0 Å². The van der Waals surface area contributed by atoms with Gasteiger partial charge in [0.2, 0.25) is 0 Å². The summed E-state index contributed by atoms with van der Waals surface area (Å²) in [5, 5.41) is 18.7. The number of carboxylic acids is 1. The van der Waals surface area contributed by atoms with Crippen LogP contribution in [0.2, 0.25) is 0 Å². The molecule has 0 heterocycles. The third-order valence-electron chi connectivity index (χ3n) is 3.79. The van der Waals surface area contributed by atoms with Crippen LogP contribution in [0.4, 0.5) is 0 Å². The quantitative estimate of drug-likeness (QED) is 0.884. The van der Waals surface area contributed by atoms with Gasteiger partial charge in [-0.05, 0) is 37.5 Å². The molecule has 5 nitrogen and oxygen atoms in total. The molecule has 0 radical (unpaired) electrons. The number of carbonyl (C=O) groups is 2. The highest BCUT2D eigenvalue weighted by molar-refractivity contribution is 5.96. The molecule has 0 saturated heterocycles. The Kier molecular flexibility index (Phi) is 4.27. The zero-order chi connectivity index (χ0) is 14.7. The fraction of sp³-hybridized carbons (Fsp3) is 0.467. The van der Waals surface area contributed by atoms with E-state index in [0.717, 1.165) is 25.7 Å². The molecule has 0 bridgehead atoms. The van der Waals surface area contributed by atoms with Gasteiger partial charge in [-0.25, -0.2) is 0 Å². The average Bonchev–Trinajstić information content (AvgIpc) is 2.92. The SMILES string of the molecule is Cc1ccc(C(=O)N(CC(=O)O)C2CCCC2)cc1O. The lowest BCUT2D eigenvalue weighted by Crippen LogP contribution is -2.42. The second kappa shape index (κ2) is 5.94. The summed E-state index contributed by atoms with van der Waals surface area (Å²) in [7, 11) is 0. The number of hydrogen-bond acceptors (Lipinski definition) is 3. The molecule has 0 atom stereocenters. The first-order valence-electron chi connectivity index (χ1n) is 6.81. The molecular weight excluding hydrogens is 258 g/mol. The Morgan fingerprint density at radius 1 is 1.30 bits per heavy atom. The molecule has 1 aliphatic rings. The normalized spacial score (nSPS) is 15.2. The number of phenolic OH excluding ortho intramolecular Hbond substituents is 1. The standard InChI is InChI=1S/C15H19NO4/c1-10-6-7-11(8-13(10)17)15(20)16(9-14(18)19)12-4-2-3-5-12/h6-8,12,17H,2-5,9H2,1H3,(H,18,19). The molecule has 1 fully saturated rings. The van der Waals surface area contributed by atoms with Gasteiger partial charge in [0.1, 0.15) is 12.3 Å². The zero-order valence-corrected chi connectivity index (χ0v) is 11.5. The van der Waals surface area contributed by atoms with Gasteiger partial charge in [0.15, 0.2) is 0 Å². The summed E-state index contributed by atoms with van der Waals surface area (Å²) in [6.07, 6.45) is 3.73. The van der Waals surface area contributed by atoms with Crippen molar-refractivity contribution in [3.05, 3.63) is 29.3 Å². The number of amides is 1. The Bertz CT molecular complexity index is 521. The third kappa shape index (κ3) is 3.10. The van der Waals surface area contributed by atoms with Gasteiger partial charge in [0, 0.05) is 11.6 Å². The predicted octanol–water partition coefficient (Wildman–Crippen LogP) is 2.17. The molecule has 1 saturated carbocycles. The number of aromatic hydroxyl groups is 1. The van der Waals surface area contributed by atoms with Gasteiger partial charge in [-0.3, -0.25) is 9.59 Å². The van der Waals surface area contributed by atoms with Crippen molar-refractivity contribution in [1.82, 2.24) is 4.90 Å². The minimum atomic E-state index is -1.01. The maximum Gasteiger partial charge on any atom is 0.323 e. The van der Waals surface area contributed by atoms with Crippen molar-refractivity contribution in [3.8, 4) is 5.75 Å². The van der Waals surface area contributed by atoms with Crippen molar-refractivity contribution in [2.24, 2.45) is 0 Å². The highest BCUT2D eigenvalue weighted by atomic mass is 16.4. The van der Waals surface area contributed by atoms with Gasteiger partial charge in [-0.2, -0.15) is 0 Å². The number of hydrogen-bond donors (Lipinski definition) is 2. The second-order valence-electron chi connectivity index (χ2n) is 5.27. The molecule has 0 spiro atoms. The molecule has 2 rings (SSSR count). The monoisotopic (exact) mass is 277 g/mol. The number of phenols is 1. The first kappa shape index (κ1) is 14.4. The van der Waals surface area contributed by atoms with Crippen LogP contribution in [0.25, 0.3) is 0 Å². The van der Waals surface area contributed by atoms with Gasteiger partial charge in [-0.1, -0.05) is 18.9 Å². The smallest absolute Gasteiger partial charge is 0.323 e. The number of carbonyl (C=O) groups excluding carboxylic acids is 1.